The van der Waals surface area contributed by atoms with Gasteiger partial charge in [-0.3, -0.25) is 9.79 Å². The van der Waals surface area contributed by atoms with Gasteiger partial charge in [0.15, 0.2) is 0 Å². The third kappa shape index (κ3) is 3.45. The number of amides is 1. The van der Waals surface area contributed by atoms with Crippen LogP contribution in [0.3, 0.4) is 0 Å². The molecule has 2 aliphatic heterocycles. The third-order valence-corrected chi connectivity index (χ3v) is 4.36. The Bertz CT molecular complexity index is 652. The fraction of sp³-hybridized carbons (Fsp3) is 0.444. The van der Waals surface area contributed by atoms with E-state index in [-0.39, 0.29) is 12.5 Å². The second-order valence-electron chi connectivity index (χ2n) is 5.89. The van der Waals surface area contributed by atoms with Gasteiger partial charge in [-0.15, -0.1) is 0 Å². The molecule has 2 aliphatic rings. The molecule has 0 N–H and O–H groups in total. The molecule has 0 saturated carbocycles. The van der Waals surface area contributed by atoms with Crippen LogP contribution in [0.25, 0.3) is 0 Å². The van der Waals surface area contributed by atoms with Gasteiger partial charge in [0.05, 0.1) is 6.61 Å². The normalized spacial score (nSPS) is 19.0. The van der Waals surface area contributed by atoms with Gasteiger partial charge in [-0.1, -0.05) is 6.08 Å². The molecule has 0 bridgehead atoms. The van der Waals surface area contributed by atoms with E-state index in [2.05, 4.69) is 17.1 Å². The summed E-state index contributed by atoms with van der Waals surface area (Å²) in [5, 5.41) is 0. The molecule has 1 aromatic rings. The number of benzene rings is 1. The number of hydrogen-bond acceptors (Lipinski definition) is 4. The highest BCUT2D eigenvalue weighted by Crippen LogP contribution is 2.40. The van der Waals surface area contributed by atoms with Gasteiger partial charge >= 0.3 is 0 Å². The largest absolute Gasteiger partial charge is 0.493 e. The van der Waals surface area contributed by atoms with E-state index in [4.69, 9.17) is 9.47 Å². The topological polar surface area (TPSA) is 51.1 Å². The molecule has 1 atom stereocenters. The van der Waals surface area contributed by atoms with Crippen LogP contribution in [0.2, 0.25) is 0 Å². The summed E-state index contributed by atoms with van der Waals surface area (Å²) >= 11 is 0. The molecule has 1 amide bonds. The predicted octanol–water partition coefficient (Wildman–Crippen LogP) is 2.91. The maximum absolute atomic E-state index is 12.0. The van der Waals surface area contributed by atoms with Crippen molar-refractivity contribution in [2.45, 2.75) is 25.2 Å². The summed E-state index contributed by atoms with van der Waals surface area (Å²) < 4.78 is 10.7. The number of hydrogen-bond donors (Lipinski definition) is 0. The maximum atomic E-state index is 12.0. The van der Waals surface area contributed by atoms with Crippen molar-refractivity contribution < 1.29 is 14.3 Å². The average Bonchev–Trinajstić information content (AvgIpc) is 3.07. The van der Waals surface area contributed by atoms with Crippen molar-refractivity contribution in [3.63, 3.8) is 0 Å². The van der Waals surface area contributed by atoms with Crippen LogP contribution in [0.4, 0.5) is 5.69 Å². The number of carbonyl (C=O) groups is 1. The summed E-state index contributed by atoms with van der Waals surface area (Å²) in [5.74, 6) is 1.23. The minimum atomic E-state index is -0.0659. The highest BCUT2D eigenvalue weighted by molar-refractivity contribution is 5.93. The molecule has 1 aromatic carbocycles. The van der Waals surface area contributed by atoms with E-state index >= 15 is 0 Å². The summed E-state index contributed by atoms with van der Waals surface area (Å²) in [5.41, 5.74) is 3.18. The van der Waals surface area contributed by atoms with Gasteiger partial charge in [0, 0.05) is 38.2 Å². The number of aliphatic imine (C=N–C) groups is 1. The predicted molar refractivity (Wildman–Crippen MR) is 90.4 cm³/mol. The molecule has 23 heavy (non-hydrogen) atoms. The van der Waals surface area contributed by atoms with E-state index in [0.717, 1.165) is 48.6 Å². The molecule has 0 spiro atoms. The molecule has 0 aliphatic carbocycles. The van der Waals surface area contributed by atoms with Crippen molar-refractivity contribution in [2.24, 2.45) is 4.99 Å². The Hall–Kier alpha value is -2.14. The van der Waals surface area contributed by atoms with Crippen LogP contribution in [0.15, 0.2) is 35.0 Å². The van der Waals surface area contributed by atoms with Crippen molar-refractivity contribution in [1.29, 1.82) is 0 Å². The Balaban J connectivity index is 1.83. The molecular formula is C18H22N2O3. The molecule has 0 fully saturated rings. The van der Waals surface area contributed by atoms with Crippen LogP contribution in [0.5, 0.6) is 5.75 Å². The van der Waals surface area contributed by atoms with E-state index in [1.165, 1.54) is 7.11 Å². The Morgan fingerprint density at radius 1 is 1.48 bits per heavy atom. The minimum absolute atomic E-state index is 0.0659. The first-order chi connectivity index (χ1) is 11.2. The van der Waals surface area contributed by atoms with E-state index < -0.39 is 0 Å². The van der Waals surface area contributed by atoms with Crippen LogP contribution in [0, 0.1) is 0 Å². The summed E-state index contributed by atoms with van der Waals surface area (Å²) in [6, 6.07) is 5.94. The second-order valence-corrected chi connectivity index (χ2v) is 5.89. The molecule has 3 rings (SSSR count). The molecule has 0 radical (unpaired) electrons. The van der Waals surface area contributed by atoms with E-state index in [9.17, 15) is 4.79 Å². The molecule has 1 unspecified atom stereocenters. The summed E-state index contributed by atoms with van der Waals surface area (Å²) in [7, 11) is 3.30. The molecule has 2 heterocycles. The lowest BCUT2D eigenvalue weighted by Gasteiger charge is -2.28. The Labute approximate surface area is 136 Å². The molecule has 122 valence electrons. The van der Waals surface area contributed by atoms with Gasteiger partial charge in [-0.25, -0.2) is 0 Å². The minimum Gasteiger partial charge on any atom is -0.493 e. The van der Waals surface area contributed by atoms with Crippen LogP contribution in [-0.4, -0.2) is 39.5 Å². The van der Waals surface area contributed by atoms with Gasteiger partial charge in [-0.2, -0.15) is 0 Å². The quantitative estimate of drug-likeness (QED) is 0.839. The zero-order chi connectivity index (χ0) is 16.2. The first kappa shape index (κ1) is 15.7. The number of rotatable bonds is 5. The lowest BCUT2D eigenvalue weighted by molar-refractivity contribution is -0.121. The number of likely N-dealkylation sites (N-methyl/N-ethyl adjacent to an activating group) is 1. The lowest BCUT2D eigenvalue weighted by Crippen LogP contribution is -2.30. The highest BCUT2D eigenvalue weighted by atomic mass is 16.5. The van der Waals surface area contributed by atoms with E-state index in [0.29, 0.717) is 5.92 Å². The first-order valence-corrected chi connectivity index (χ1v) is 7.93. The number of fused-ring (bicyclic) bond motifs is 1. The molecule has 5 heteroatoms. The monoisotopic (exact) mass is 314 g/mol. The fourth-order valence-electron chi connectivity index (χ4n) is 3.04. The molecule has 0 aromatic heterocycles. The summed E-state index contributed by atoms with van der Waals surface area (Å²) in [6.07, 6.45) is 6.95. The molecule has 5 nitrogen and oxygen atoms in total. The van der Waals surface area contributed by atoms with E-state index in [1.807, 2.05) is 18.3 Å². The van der Waals surface area contributed by atoms with Crippen molar-refractivity contribution in [2.75, 3.05) is 32.3 Å². The van der Waals surface area contributed by atoms with Crippen molar-refractivity contribution in [1.82, 2.24) is 0 Å². The fourth-order valence-corrected chi connectivity index (χ4v) is 3.04. The number of nitrogens with zero attached hydrogens (tertiary/aromatic N) is 2. The van der Waals surface area contributed by atoms with Crippen molar-refractivity contribution >= 4 is 17.8 Å². The van der Waals surface area contributed by atoms with Crippen LogP contribution >= 0.6 is 0 Å². The number of carbonyl (C=O) groups excluding carboxylic acids is 1. The number of ether oxygens (including phenoxy) is 2. The summed E-state index contributed by atoms with van der Waals surface area (Å²) in [4.78, 5) is 18.1. The number of allylic oxidation sites excluding steroid dienone is 2. The van der Waals surface area contributed by atoms with Crippen molar-refractivity contribution in [3.8, 4) is 5.75 Å². The van der Waals surface area contributed by atoms with Gasteiger partial charge in [-0.05, 0) is 42.5 Å². The Kier molecular flexibility index (Phi) is 4.76. The smallest absolute Gasteiger partial charge is 0.252 e. The Morgan fingerprint density at radius 2 is 2.35 bits per heavy atom. The molecule has 0 saturated heterocycles. The van der Waals surface area contributed by atoms with Crippen LogP contribution in [0.1, 0.15) is 30.7 Å². The van der Waals surface area contributed by atoms with Crippen LogP contribution in [-0.2, 0) is 9.53 Å². The number of methoxy groups -OCH3 is 1. The van der Waals surface area contributed by atoms with Crippen molar-refractivity contribution in [3.05, 3.63) is 35.5 Å². The zero-order valence-corrected chi connectivity index (χ0v) is 13.6. The second kappa shape index (κ2) is 6.96. The lowest BCUT2D eigenvalue weighted by atomic mass is 9.88. The van der Waals surface area contributed by atoms with Gasteiger partial charge < -0.3 is 14.4 Å². The van der Waals surface area contributed by atoms with Gasteiger partial charge in [0.1, 0.15) is 12.4 Å². The maximum Gasteiger partial charge on any atom is 0.252 e. The van der Waals surface area contributed by atoms with Gasteiger partial charge in [0.25, 0.3) is 5.91 Å². The Morgan fingerprint density at radius 3 is 3.09 bits per heavy atom. The zero-order valence-electron chi connectivity index (χ0n) is 13.6. The van der Waals surface area contributed by atoms with Crippen LogP contribution < -0.4 is 9.64 Å². The average molecular weight is 314 g/mol. The summed E-state index contributed by atoms with van der Waals surface area (Å²) in [6.45, 7) is 0.807. The molecular weight excluding hydrogens is 292 g/mol. The van der Waals surface area contributed by atoms with Gasteiger partial charge in [0.2, 0.25) is 0 Å². The standard InChI is InChI=1S/C18H22N2O3/c1-20(18(21)12-22-2)15-5-6-17-16(11-15)13(7-9-23-17)10-14-4-3-8-19-14/h4-6,8,11,13H,3,7,9-10,12H2,1-2H3. The third-order valence-electron chi connectivity index (χ3n) is 4.36. The SMILES string of the molecule is COCC(=O)N(C)c1ccc2c(c1)C(CC1=CCC=N1)CCO2. The first-order valence-electron chi connectivity index (χ1n) is 7.93. The highest BCUT2D eigenvalue weighted by Gasteiger charge is 2.24. The number of anilines is 1. The van der Waals surface area contributed by atoms with E-state index in [1.54, 1.807) is 11.9 Å².